The molecular weight excluding hydrogens is 311 g/mol. The summed E-state index contributed by atoms with van der Waals surface area (Å²) in [6.45, 7) is 4.63. The lowest BCUT2D eigenvalue weighted by Crippen LogP contribution is -2.46. The quantitative estimate of drug-likeness (QED) is 0.874. The molecule has 1 saturated heterocycles. The third-order valence-electron chi connectivity index (χ3n) is 4.52. The highest BCUT2D eigenvalue weighted by Gasteiger charge is 2.38. The molecule has 3 heterocycles. The van der Waals surface area contributed by atoms with Crippen LogP contribution < -0.4 is 0 Å². The largest absolute Gasteiger partial charge is 0.385 e. The Kier molecular flexibility index (Phi) is 4.36. The van der Waals surface area contributed by atoms with Crippen molar-refractivity contribution in [2.75, 3.05) is 13.1 Å². The molecular formula is C17H21FN4O2. The predicted octanol–water partition coefficient (Wildman–Crippen LogP) is 2.12. The second kappa shape index (κ2) is 6.32. The topological polar surface area (TPSA) is 71.2 Å². The van der Waals surface area contributed by atoms with E-state index in [0.717, 1.165) is 0 Å². The molecule has 2 aromatic heterocycles. The minimum absolute atomic E-state index is 0.0881. The van der Waals surface area contributed by atoms with Crippen LogP contribution in [-0.4, -0.2) is 43.8 Å². The standard InChI is InChI=1S/C17H21FN4O2/c1-12(2)22-14(5-9-20-22)16(23)21-10-6-17(24,7-11-21)13-4-3-8-19-15(13)18/h3-5,8-9,12,24H,6-7,10-11H2,1-2H3. The predicted molar refractivity (Wildman–Crippen MR) is 85.8 cm³/mol. The smallest absolute Gasteiger partial charge is 0.272 e. The van der Waals surface area contributed by atoms with Gasteiger partial charge in [-0.3, -0.25) is 9.48 Å². The van der Waals surface area contributed by atoms with Gasteiger partial charge in [0.05, 0.1) is 5.60 Å². The second-order valence-electron chi connectivity index (χ2n) is 6.42. The van der Waals surface area contributed by atoms with Crippen molar-refractivity contribution in [1.29, 1.82) is 0 Å². The van der Waals surface area contributed by atoms with E-state index >= 15 is 0 Å². The van der Waals surface area contributed by atoms with Gasteiger partial charge in [0.15, 0.2) is 0 Å². The Morgan fingerprint density at radius 1 is 1.29 bits per heavy atom. The number of piperidine rings is 1. The van der Waals surface area contributed by atoms with Crippen LogP contribution >= 0.6 is 0 Å². The van der Waals surface area contributed by atoms with Gasteiger partial charge in [0.1, 0.15) is 5.69 Å². The molecule has 3 rings (SSSR count). The van der Waals surface area contributed by atoms with Crippen molar-refractivity contribution < 1.29 is 14.3 Å². The van der Waals surface area contributed by atoms with E-state index in [-0.39, 0.29) is 30.4 Å². The molecule has 0 saturated carbocycles. The fourth-order valence-electron chi connectivity index (χ4n) is 3.14. The number of hydrogen-bond acceptors (Lipinski definition) is 4. The van der Waals surface area contributed by atoms with Crippen LogP contribution in [0.3, 0.4) is 0 Å². The van der Waals surface area contributed by atoms with Gasteiger partial charge in [-0.25, -0.2) is 4.98 Å². The molecule has 0 unspecified atom stereocenters. The fourth-order valence-corrected chi connectivity index (χ4v) is 3.14. The number of amides is 1. The van der Waals surface area contributed by atoms with E-state index in [1.165, 1.54) is 6.20 Å². The maximum absolute atomic E-state index is 13.9. The number of aromatic nitrogens is 3. The minimum Gasteiger partial charge on any atom is -0.385 e. The number of aliphatic hydroxyl groups is 1. The highest BCUT2D eigenvalue weighted by atomic mass is 19.1. The number of carbonyl (C=O) groups excluding carboxylic acids is 1. The zero-order valence-corrected chi connectivity index (χ0v) is 13.8. The SMILES string of the molecule is CC(C)n1nccc1C(=O)N1CCC(O)(c2cccnc2F)CC1. The summed E-state index contributed by atoms with van der Waals surface area (Å²) in [6.07, 6.45) is 3.51. The Hall–Kier alpha value is -2.28. The summed E-state index contributed by atoms with van der Waals surface area (Å²) in [6, 6.07) is 4.94. The van der Waals surface area contributed by atoms with Gasteiger partial charge in [-0.05, 0) is 38.8 Å². The van der Waals surface area contributed by atoms with Gasteiger partial charge in [-0.1, -0.05) is 6.07 Å². The first-order valence-electron chi connectivity index (χ1n) is 8.08. The molecule has 0 aliphatic carbocycles. The zero-order valence-electron chi connectivity index (χ0n) is 13.8. The third-order valence-corrected chi connectivity index (χ3v) is 4.52. The average molecular weight is 332 g/mol. The van der Waals surface area contributed by atoms with Crippen LogP contribution in [0.25, 0.3) is 0 Å². The highest BCUT2D eigenvalue weighted by molar-refractivity contribution is 5.92. The average Bonchev–Trinajstić information content (AvgIpc) is 3.05. The summed E-state index contributed by atoms with van der Waals surface area (Å²) in [4.78, 5) is 18.0. The number of halogens is 1. The van der Waals surface area contributed by atoms with Crippen molar-refractivity contribution in [1.82, 2.24) is 19.7 Å². The molecule has 1 fully saturated rings. The lowest BCUT2D eigenvalue weighted by molar-refractivity contribution is -0.0243. The summed E-state index contributed by atoms with van der Waals surface area (Å²) in [5, 5.41) is 14.9. The first-order chi connectivity index (χ1) is 11.4. The Morgan fingerprint density at radius 2 is 2.00 bits per heavy atom. The van der Waals surface area contributed by atoms with Gasteiger partial charge in [0, 0.05) is 37.1 Å². The van der Waals surface area contributed by atoms with Crippen LogP contribution in [-0.2, 0) is 5.60 Å². The van der Waals surface area contributed by atoms with Crippen LogP contribution in [0.4, 0.5) is 4.39 Å². The molecule has 1 N–H and O–H groups in total. The number of likely N-dealkylation sites (tertiary alicyclic amines) is 1. The molecule has 6 nitrogen and oxygen atoms in total. The maximum atomic E-state index is 13.9. The van der Waals surface area contributed by atoms with Gasteiger partial charge in [-0.2, -0.15) is 9.49 Å². The van der Waals surface area contributed by atoms with Crippen molar-refractivity contribution in [3.8, 4) is 0 Å². The van der Waals surface area contributed by atoms with Crippen LogP contribution in [0.2, 0.25) is 0 Å². The molecule has 0 aromatic carbocycles. The molecule has 1 amide bonds. The molecule has 24 heavy (non-hydrogen) atoms. The van der Waals surface area contributed by atoms with Crippen molar-refractivity contribution in [2.24, 2.45) is 0 Å². The molecule has 128 valence electrons. The highest BCUT2D eigenvalue weighted by Crippen LogP contribution is 2.34. The van der Waals surface area contributed by atoms with Crippen molar-refractivity contribution in [3.05, 3.63) is 47.8 Å². The van der Waals surface area contributed by atoms with Gasteiger partial charge >= 0.3 is 0 Å². The van der Waals surface area contributed by atoms with E-state index in [2.05, 4.69) is 10.1 Å². The number of pyridine rings is 1. The van der Waals surface area contributed by atoms with Gasteiger partial charge < -0.3 is 10.0 Å². The third kappa shape index (κ3) is 2.91. The molecule has 0 atom stereocenters. The van der Waals surface area contributed by atoms with Gasteiger partial charge in [0.2, 0.25) is 5.95 Å². The normalized spacial score (nSPS) is 17.3. The van der Waals surface area contributed by atoms with E-state index < -0.39 is 11.5 Å². The first kappa shape index (κ1) is 16.6. The van der Waals surface area contributed by atoms with Crippen LogP contribution in [0.5, 0.6) is 0 Å². The lowest BCUT2D eigenvalue weighted by atomic mass is 9.85. The number of carbonyl (C=O) groups is 1. The Bertz CT molecular complexity index is 736. The summed E-state index contributed by atoms with van der Waals surface area (Å²) < 4.78 is 15.6. The van der Waals surface area contributed by atoms with Gasteiger partial charge in [0.25, 0.3) is 5.91 Å². The second-order valence-corrected chi connectivity index (χ2v) is 6.42. The van der Waals surface area contributed by atoms with Crippen LogP contribution in [0, 0.1) is 5.95 Å². The molecule has 1 aliphatic rings. The molecule has 0 bridgehead atoms. The maximum Gasteiger partial charge on any atom is 0.272 e. The summed E-state index contributed by atoms with van der Waals surface area (Å²) in [7, 11) is 0. The van der Waals surface area contributed by atoms with Crippen LogP contribution in [0.1, 0.15) is 48.8 Å². The molecule has 1 aliphatic heterocycles. The van der Waals surface area contributed by atoms with E-state index in [1.807, 2.05) is 13.8 Å². The number of nitrogens with zero attached hydrogens (tertiary/aromatic N) is 4. The summed E-state index contributed by atoms with van der Waals surface area (Å²) in [5.74, 6) is -0.771. The summed E-state index contributed by atoms with van der Waals surface area (Å²) >= 11 is 0. The fraction of sp³-hybridized carbons (Fsp3) is 0.471. The molecule has 0 spiro atoms. The Morgan fingerprint density at radius 3 is 2.62 bits per heavy atom. The van der Waals surface area contributed by atoms with E-state index in [1.54, 1.807) is 34.0 Å². The summed E-state index contributed by atoms with van der Waals surface area (Å²) in [5.41, 5.74) is -0.555. The van der Waals surface area contributed by atoms with E-state index in [4.69, 9.17) is 0 Å². The minimum atomic E-state index is -1.28. The molecule has 2 aromatic rings. The molecule has 7 heteroatoms. The van der Waals surface area contributed by atoms with Crippen molar-refractivity contribution >= 4 is 5.91 Å². The number of hydrogen-bond donors (Lipinski definition) is 1. The van der Waals surface area contributed by atoms with Crippen molar-refractivity contribution in [2.45, 2.75) is 38.3 Å². The van der Waals surface area contributed by atoms with Crippen LogP contribution in [0.15, 0.2) is 30.6 Å². The van der Waals surface area contributed by atoms with Crippen molar-refractivity contribution in [3.63, 3.8) is 0 Å². The zero-order chi connectivity index (χ0) is 17.3. The van der Waals surface area contributed by atoms with E-state index in [9.17, 15) is 14.3 Å². The van der Waals surface area contributed by atoms with E-state index in [0.29, 0.717) is 18.8 Å². The van der Waals surface area contributed by atoms with Gasteiger partial charge in [-0.15, -0.1) is 0 Å². The Labute approximate surface area is 139 Å². The molecule has 0 radical (unpaired) electrons. The number of rotatable bonds is 3. The monoisotopic (exact) mass is 332 g/mol. The Balaban J connectivity index is 1.74. The first-order valence-corrected chi connectivity index (χ1v) is 8.08. The lowest BCUT2D eigenvalue weighted by Gasteiger charge is -2.38.